The van der Waals surface area contributed by atoms with Crippen molar-refractivity contribution in [1.29, 1.82) is 0 Å². The minimum atomic E-state index is 0.951. The summed E-state index contributed by atoms with van der Waals surface area (Å²) in [6, 6.07) is 0. The highest BCUT2D eigenvalue weighted by Gasteiger charge is 2.14. The van der Waals surface area contributed by atoms with Gasteiger partial charge in [0.2, 0.25) is 0 Å². The van der Waals surface area contributed by atoms with E-state index in [9.17, 15) is 0 Å². The van der Waals surface area contributed by atoms with Crippen molar-refractivity contribution in [3.8, 4) is 0 Å². The highest BCUT2D eigenvalue weighted by atomic mass is 15.2. The normalized spacial score (nSPS) is 11.0. The molecule has 5 nitrogen and oxygen atoms in total. The van der Waals surface area contributed by atoms with Gasteiger partial charge in [0.1, 0.15) is 18.0 Å². The van der Waals surface area contributed by atoms with Gasteiger partial charge in [-0.25, -0.2) is 9.97 Å². The molecule has 0 radical (unpaired) electrons. The van der Waals surface area contributed by atoms with E-state index in [2.05, 4.69) is 60.0 Å². The SMILES string of the molecule is CCCNc1ncnc(N(CC)CCCN(C)C)c1CC. The van der Waals surface area contributed by atoms with Gasteiger partial charge >= 0.3 is 0 Å². The molecule has 1 aromatic heterocycles. The third-order valence-electron chi connectivity index (χ3n) is 3.53. The second-order valence-corrected chi connectivity index (χ2v) is 5.54. The zero-order valence-electron chi connectivity index (χ0n) is 14.3. The smallest absolute Gasteiger partial charge is 0.137 e. The molecule has 0 saturated heterocycles. The molecule has 1 aromatic rings. The first-order chi connectivity index (χ1) is 10.1. The summed E-state index contributed by atoms with van der Waals surface area (Å²) < 4.78 is 0. The van der Waals surface area contributed by atoms with Crippen molar-refractivity contribution < 1.29 is 0 Å². The lowest BCUT2D eigenvalue weighted by Gasteiger charge is -2.25. The fourth-order valence-corrected chi connectivity index (χ4v) is 2.39. The van der Waals surface area contributed by atoms with Gasteiger partial charge in [-0.05, 0) is 46.8 Å². The lowest BCUT2D eigenvalue weighted by molar-refractivity contribution is 0.400. The molecule has 0 fully saturated rings. The molecule has 5 heteroatoms. The lowest BCUT2D eigenvalue weighted by atomic mass is 10.2. The predicted octanol–water partition coefficient (Wildman–Crippen LogP) is 2.64. The quantitative estimate of drug-likeness (QED) is 0.718. The summed E-state index contributed by atoms with van der Waals surface area (Å²) in [5.41, 5.74) is 1.23. The van der Waals surface area contributed by atoms with Crippen LogP contribution in [0.25, 0.3) is 0 Å². The Labute approximate surface area is 129 Å². The molecule has 0 saturated carbocycles. The van der Waals surface area contributed by atoms with Gasteiger partial charge in [-0.2, -0.15) is 0 Å². The van der Waals surface area contributed by atoms with Crippen LogP contribution >= 0.6 is 0 Å². The first-order valence-corrected chi connectivity index (χ1v) is 8.11. The Balaban J connectivity index is 2.86. The summed E-state index contributed by atoms with van der Waals surface area (Å²) in [6.07, 6.45) is 4.88. The molecule has 1 heterocycles. The Morgan fingerprint density at radius 1 is 1.10 bits per heavy atom. The Bertz CT molecular complexity index is 406. The molecular weight excluding hydrogens is 262 g/mol. The highest BCUT2D eigenvalue weighted by Crippen LogP contribution is 2.24. The van der Waals surface area contributed by atoms with Crippen molar-refractivity contribution in [2.75, 3.05) is 50.5 Å². The Hall–Kier alpha value is -1.36. The molecule has 0 aliphatic carbocycles. The Morgan fingerprint density at radius 2 is 1.86 bits per heavy atom. The van der Waals surface area contributed by atoms with E-state index in [0.29, 0.717) is 0 Å². The van der Waals surface area contributed by atoms with E-state index in [1.54, 1.807) is 6.33 Å². The van der Waals surface area contributed by atoms with Crippen molar-refractivity contribution >= 4 is 11.6 Å². The molecule has 1 N–H and O–H groups in total. The summed E-state index contributed by atoms with van der Waals surface area (Å²) in [7, 11) is 4.23. The third kappa shape index (κ3) is 5.50. The first-order valence-electron chi connectivity index (χ1n) is 8.11. The fraction of sp³-hybridized carbons (Fsp3) is 0.750. The largest absolute Gasteiger partial charge is 0.370 e. The number of rotatable bonds is 10. The number of hydrogen-bond donors (Lipinski definition) is 1. The molecule has 0 bridgehead atoms. The van der Waals surface area contributed by atoms with Gasteiger partial charge in [0.15, 0.2) is 0 Å². The molecule has 1 rings (SSSR count). The minimum Gasteiger partial charge on any atom is -0.370 e. The average molecular weight is 293 g/mol. The maximum atomic E-state index is 4.55. The van der Waals surface area contributed by atoms with E-state index < -0.39 is 0 Å². The summed E-state index contributed by atoms with van der Waals surface area (Å²) >= 11 is 0. The molecule has 0 amide bonds. The second-order valence-electron chi connectivity index (χ2n) is 5.54. The van der Waals surface area contributed by atoms with Crippen LogP contribution in [0, 0.1) is 0 Å². The lowest BCUT2D eigenvalue weighted by Crippen LogP contribution is -2.29. The van der Waals surface area contributed by atoms with Gasteiger partial charge in [-0.3, -0.25) is 0 Å². The van der Waals surface area contributed by atoms with E-state index in [0.717, 1.165) is 57.1 Å². The van der Waals surface area contributed by atoms with Crippen LogP contribution in [0.1, 0.15) is 39.2 Å². The number of nitrogens with zero attached hydrogens (tertiary/aromatic N) is 4. The zero-order chi connectivity index (χ0) is 15.7. The van der Waals surface area contributed by atoms with E-state index in [4.69, 9.17) is 0 Å². The third-order valence-corrected chi connectivity index (χ3v) is 3.53. The van der Waals surface area contributed by atoms with Crippen molar-refractivity contribution in [3.05, 3.63) is 11.9 Å². The van der Waals surface area contributed by atoms with Crippen LogP contribution in [0.2, 0.25) is 0 Å². The van der Waals surface area contributed by atoms with Crippen LogP contribution in [0.15, 0.2) is 6.33 Å². The van der Waals surface area contributed by atoms with Crippen molar-refractivity contribution in [1.82, 2.24) is 14.9 Å². The molecule has 120 valence electrons. The van der Waals surface area contributed by atoms with E-state index in [-0.39, 0.29) is 0 Å². The van der Waals surface area contributed by atoms with Gasteiger partial charge in [0, 0.05) is 25.2 Å². The molecule has 0 aliphatic heterocycles. The fourth-order valence-electron chi connectivity index (χ4n) is 2.39. The van der Waals surface area contributed by atoms with Gasteiger partial charge in [0.25, 0.3) is 0 Å². The van der Waals surface area contributed by atoms with Crippen molar-refractivity contribution in [2.24, 2.45) is 0 Å². The number of hydrogen-bond acceptors (Lipinski definition) is 5. The van der Waals surface area contributed by atoms with Gasteiger partial charge < -0.3 is 15.1 Å². The summed E-state index contributed by atoms with van der Waals surface area (Å²) in [5, 5.41) is 3.42. The number of aromatic nitrogens is 2. The average Bonchev–Trinajstić information content (AvgIpc) is 2.48. The predicted molar refractivity (Wildman–Crippen MR) is 91.2 cm³/mol. The number of nitrogens with one attached hydrogen (secondary N) is 1. The monoisotopic (exact) mass is 293 g/mol. The Morgan fingerprint density at radius 3 is 2.43 bits per heavy atom. The van der Waals surface area contributed by atoms with E-state index in [1.165, 1.54) is 5.56 Å². The molecule has 0 spiro atoms. The minimum absolute atomic E-state index is 0.951. The molecule has 0 aliphatic rings. The summed E-state index contributed by atoms with van der Waals surface area (Å²) in [6.45, 7) is 10.6. The maximum Gasteiger partial charge on any atom is 0.137 e. The molecular formula is C16H31N5. The molecule has 0 aromatic carbocycles. The van der Waals surface area contributed by atoms with E-state index >= 15 is 0 Å². The Kier molecular flexibility index (Phi) is 8.05. The molecule has 21 heavy (non-hydrogen) atoms. The van der Waals surface area contributed by atoms with Gasteiger partial charge in [-0.1, -0.05) is 13.8 Å². The molecule has 0 unspecified atom stereocenters. The topological polar surface area (TPSA) is 44.3 Å². The van der Waals surface area contributed by atoms with Gasteiger partial charge in [-0.15, -0.1) is 0 Å². The zero-order valence-corrected chi connectivity index (χ0v) is 14.3. The van der Waals surface area contributed by atoms with Crippen molar-refractivity contribution in [3.63, 3.8) is 0 Å². The van der Waals surface area contributed by atoms with Crippen LogP contribution in [-0.2, 0) is 6.42 Å². The standard InChI is InChI=1S/C16H31N5/c1-6-10-17-15-14(7-2)16(19-13-18-15)21(8-3)12-9-11-20(4)5/h13H,6-12H2,1-5H3,(H,17,18,19). The summed E-state index contributed by atoms with van der Waals surface area (Å²) in [4.78, 5) is 13.6. The molecule has 0 atom stereocenters. The highest BCUT2D eigenvalue weighted by molar-refractivity contribution is 5.58. The second kappa shape index (κ2) is 9.55. The van der Waals surface area contributed by atoms with Crippen molar-refractivity contribution in [2.45, 2.75) is 40.0 Å². The number of anilines is 2. The van der Waals surface area contributed by atoms with Crippen LogP contribution in [0.4, 0.5) is 11.6 Å². The van der Waals surface area contributed by atoms with Crippen LogP contribution in [-0.4, -0.2) is 55.1 Å². The van der Waals surface area contributed by atoms with Crippen LogP contribution in [0.3, 0.4) is 0 Å². The first kappa shape index (κ1) is 17.7. The van der Waals surface area contributed by atoms with E-state index in [1.807, 2.05) is 0 Å². The maximum absolute atomic E-state index is 4.55. The summed E-state index contributed by atoms with van der Waals surface area (Å²) in [5.74, 6) is 2.09. The van der Waals surface area contributed by atoms with Crippen LogP contribution in [0.5, 0.6) is 0 Å². The van der Waals surface area contributed by atoms with Crippen LogP contribution < -0.4 is 10.2 Å². The van der Waals surface area contributed by atoms with Gasteiger partial charge in [0.05, 0.1) is 0 Å².